The van der Waals surface area contributed by atoms with Gasteiger partial charge in [0.25, 0.3) is 0 Å². The van der Waals surface area contributed by atoms with Gasteiger partial charge in [-0.15, -0.1) is 0 Å². The van der Waals surface area contributed by atoms with Crippen LogP contribution in [0.3, 0.4) is 0 Å². The maximum atomic E-state index is 12.7. The van der Waals surface area contributed by atoms with Crippen molar-refractivity contribution < 1.29 is 9.53 Å². The second-order valence-electron chi connectivity index (χ2n) is 10.2. The van der Waals surface area contributed by atoms with E-state index in [1.54, 1.807) is 0 Å². The number of Topliss-reactive ketones (excluding diaryl/α,β-unsaturated/α-hetero) is 1. The molecule has 0 aliphatic heterocycles. The Morgan fingerprint density at radius 1 is 0.625 bits per heavy atom. The van der Waals surface area contributed by atoms with Crippen LogP contribution < -0.4 is 0 Å². The molecule has 1 aliphatic carbocycles. The quantitative estimate of drug-likeness (QED) is 0.145. The highest BCUT2D eigenvalue weighted by atomic mass is 16.5. The van der Waals surface area contributed by atoms with Crippen LogP contribution in [0.5, 0.6) is 0 Å². The van der Waals surface area contributed by atoms with Gasteiger partial charge < -0.3 is 4.74 Å². The Balaban J connectivity index is 2.42. The van der Waals surface area contributed by atoms with Crippen molar-refractivity contribution in [1.82, 2.24) is 0 Å². The molecule has 0 aromatic heterocycles. The minimum absolute atomic E-state index is 0.292. The van der Waals surface area contributed by atoms with E-state index >= 15 is 0 Å². The second kappa shape index (κ2) is 20.8. The number of carbonyl (C=O) groups excluding carboxylic acids is 1. The number of hydrogen-bond acceptors (Lipinski definition) is 2. The number of rotatable bonds is 23. The van der Waals surface area contributed by atoms with Gasteiger partial charge in [0.1, 0.15) is 0 Å². The molecule has 1 unspecified atom stereocenters. The first kappa shape index (κ1) is 29.2. The van der Waals surface area contributed by atoms with Crippen molar-refractivity contribution in [2.24, 2.45) is 5.92 Å². The van der Waals surface area contributed by atoms with Gasteiger partial charge in [0, 0.05) is 6.42 Å². The molecule has 188 valence electrons. The van der Waals surface area contributed by atoms with Crippen molar-refractivity contribution in [2.45, 2.75) is 162 Å². The van der Waals surface area contributed by atoms with Gasteiger partial charge in [0.15, 0.2) is 11.5 Å². The Bertz CT molecular complexity index is 479. The zero-order chi connectivity index (χ0) is 23.3. The summed E-state index contributed by atoms with van der Waals surface area (Å²) in [5.41, 5.74) is 1.39. The van der Waals surface area contributed by atoms with Crippen LogP contribution in [-0.4, -0.2) is 12.4 Å². The van der Waals surface area contributed by atoms with Gasteiger partial charge in [-0.3, -0.25) is 4.79 Å². The van der Waals surface area contributed by atoms with Crippen LogP contribution in [0, 0.1) is 5.92 Å². The van der Waals surface area contributed by atoms with E-state index in [1.807, 2.05) is 0 Å². The zero-order valence-electron chi connectivity index (χ0n) is 22.2. The van der Waals surface area contributed by atoms with Crippen molar-refractivity contribution in [3.63, 3.8) is 0 Å². The van der Waals surface area contributed by atoms with E-state index in [-0.39, 0.29) is 0 Å². The molecule has 0 heterocycles. The molecule has 0 saturated carbocycles. The van der Waals surface area contributed by atoms with Crippen LogP contribution in [0.1, 0.15) is 162 Å². The third kappa shape index (κ3) is 13.7. The number of allylic oxidation sites excluding steroid dienone is 2. The molecule has 0 aromatic rings. The number of unbranched alkanes of at least 4 members (excludes halogenated alkanes) is 16. The van der Waals surface area contributed by atoms with E-state index in [4.69, 9.17) is 4.74 Å². The first-order chi connectivity index (χ1) is 15.7. The molecule has 2 heteroatoms. The summed E-state index contributed by atoms with van der Waals surface area (Å²) < 4.78 is 6.10. The monoisotopic (exact) mass is 448 g/mol. The van der Waals surface area contributed by atoms with E-state index in [9.17, 15) is 4.79 Å². The second-order valence-corrected chi connectivity index (χ2v) is 10.2. The zero-order valence-corrected chi connectivity index (χ0v) is 22.2. The molecule has 0 saturated heterocycles. The van der Waals surface area contributed by atoms with Crippen LogP contribution in [0.25, 0.3) is 0 Å². The lowest BCUT2D eigenvalue weighted by Crippen LogP contribution is -2.03. The summed E-state index contributed by atoms with van der Waals surface area (Å²) in [6.45, 7) is 7.50. The number of ether oxygens (including phenoxy) is 1. The van der Waals surface area contributed by atoms with Crippen LogP contribution >= 0.6 is 0 Å². The SMILES string of the molecule is CCCCCCCCCCC1=C(OCCCCC)C(=O)CC1CCCCCCCCCC. The maximum absolute atomic E-state index is 12.7. The van der Waals surface area contributed by atoms with Gasteiger partial charge in [-0.2, -0.15) is 0 Å². The summed E-state index contributed by atoms with van der Waals surface area (Å²) in [5, 5.41) is 0. The van der Waals surface area contributed by atoms with Crippen LogP contribution in [0.15, 0.2) is 11.3 Å². The number of ketones is 1. The van der Waals surface area contributed by atoms with Crippen molar-refractivity contribution in [1.29, 1.82) is 0 Å². The van der Waals surface area contributed by atoms with Gasteiger partial charge in [-0.25, -0.2) is 0 Å². The topological polar surface area (TPSA) is 26.3 Å². The molecule has 2 nitrogen and oxygen atoms in total. The fraction of sp³-hybridized carbons (Fsp3) is 0.900. The molecule has 32 heavy (non-hydrogen) atoms. The molecule has 1 rings (SSSR count). The Morgan fingerprint density at radius 2 is 1.09 bits per heavy atom. The van der Waals surface area contributed by atoms with Gasteiger partial charge in [0.2, 0.25) is 0 Å². The number of hydrogen-bond donors (Lipinski definition) is 0. The number of carbonyl (C=O) groups is 1. The van der Waals surface area contributed by atoms with Crippen LogP contribution in [0.2, 0.25) is 0 Å². The average molecular weight is 449 g/mol. The predicted octanol–water partition coefficient (Wildman–Crippen LogP) is 10.1. The summed E-state index contributed by atoms with van der Waals surface area (Å²) in [6, 6.07) is 0. The van der Waals surface area contributed by atoms with Crippen LogP contribution in [-0.2, 0) is 9.53 Å². The van der Waals surface area contributed by atoms with E-state index in [1.165, 1.54) is 128 Å². The first-order valence-electron chi connectivity index (χ1n) is 14.6. The van der Waals surface area contributed by atoms with E-state index in [0.717, 1.165) is 25.2 Å². The Labute approximate surface area is 201 Å². The summed E-state index contributed by atoms with van der Waals surface area (Å²) in [7, 11) is 0. The molecule has 0 spiro atoms. The maximum Gasteiger partial charge on any atom is 0.197 e. The van der Waals surface area contributed by atoms with Crippen molar-refractivity contribution in [2.75, 3.05) is 6.61 Å². The molecule has 1 atom stereocenters. The Hall–Kier alpha value is -0.790. The third-order valence-electron chi connectivity index (χ3n) is 7.17. The van der Waals surface area contributed by atoms with E-state index < -0.39 is 0 Å². The molecular weight excluding hydrogens is 392 g/mol. The molecular formula is C30H56O2. The lowest BCUT2D eigenvalue weighted by atomic mass is 9.90. The largest absolute Gasteiger partial charge is 0.490 e. The smallest absolute Gasteiger partial charge is 0.197 e. The summed E-state index contributed by atoms with van der Waals surface area (Å²) in [4.78, 5) is 12.7. The lowest BCUT2D eigenvalue weighted by Gasteiger charge is -2.15. The van der Waals surface area contributed by atoms with Gasteiger partial charge in [0.05, 0.1) is 6.61 Å². The van der Waals surface area contributed by atoms with Crippen molar-refractivity contribution >= 4 is 5.78 Å². The molecule has 0 radical (unpaired) electrons. The minimum Gasteiger partial charge on any atom is -0.490 e. The average Bonchev–Trinajstić information content (AvgIpc) is 3.09. The fourth-order valence-corrected chi connectivity index (χ4v) is 5.07. The molecule has 0 fully saturated rings. The van der Waals surface area contributed by atoms with Crippen molar-refractivity contribution in [3.8, 4) is 0 Å². The van der Waals surface area contributed by atoms with Gasteiger partial charge in [-0.1, -0.05) is 130 Å². The van der Waals surface area contributed by atoms with E-state index in [0.29, 0.717) is 18.1 Å². The summed E-state index contributed by atoms with van der Waals surface area (Å²) in [5.74, 6) is 1.54. The standard InChI is InChI=1S/C30H56O2/c1-4-7-10-12-14-16-18-20-23-27-26-29(31)30(32-25-22-9-6-3)28(27)24-21-19-17-15-13-11-8-5-2/h27H,4-26H2,1-3H3. The normalized spacial score (nSPS) is 16.3. The highest BCUT2D eigenvalue weighted by Crippen LogP contribution is 2.37. The van der Waals surface area contributed by atoms with Gasteiger partial charge >= 0.3 is 0 Å². The van der Waals surface area contributed by atoms with Crippen molar-refractivity contribution in [3.05, 3.63) is 11.3 Å². The fourth-order valence-electron chi connectivity index (χ4n) is 5.07. The van der Waals surface area contributed by atoms with E-state index in [2.05, 4.69) is 20.8 Å². The Kier molecular flexibility index (Phi) is 19.0. The Morgan fingerprint density at radius 3 is 1.66 bits per heavy atom. The first-order valence-corrected chi connectivity index (χ1v) is 14.6. The highest BCUT2D eigenvalue weighted by Gasteiger charge is 2.32. The molecule has 1 aliphatic rings. The molecule has 0 N–H and O–H groups in total. The van der Waals surface area contributed by atoms with Crippen LogP contribution in [0.4, 0.5) is 0 Å². The van der Waals surface area contributed by atoms with Gasteiger partial charge in [-0.05, 0) is 37.2 Å². The molecule has 0 bridgehead atoms. The summed E-state index contributed by atoms with van der Waals surface area (Å²) in [6.07, 6.45) is 28.1. The molecule has 0 amide bonds. The third-order valence-corrected chi connectivity index (χ3v) is 7.17. The predicted molar refractivity (Wildman–Crippen MR) is 140 cm³/mol. The minimum atomic E-state index is 0.292. The lowest BCUT2D eigenvalue weighted by molar-refractivity contribution is -0.118. The highest BCUT2D eigenvalue weighted by molar-refractivity contribution is 5.97. The molecule has 0 aromatic carbocycles. The summed E-state index contributed by atoms with van der Waals surface area (Å²) >= 11 is 0.